The quantitative estimate of drug-likeness (QED) is 0.925. The summed E-state index contributed by atoms with van der Waals surface area (Å²) in [6.45, 7) is 1.18. The fraction of sp³-hybridized carbons (Fsp3) is 0.545. The average molecular weight is 292 g/mol. The van der Waals surface area contributed by atoms with Crippen LogP contribution >= 0.6 is 34.7 Å². The number of nitrogens with zero attached hydrogens (tertiary/aromatic N) is 1. The number of rotatable bonds is 4. The van der Waals surface area contributed by atoms with Crippen molar-refractivity contribution in [3.8, 4) is 0 Å². The van der Waals surface area contributed by atoms with Gasteiger partial charge in [0.25, 0.3) is 0 Å². The summed E-state index contributed by atoms with van der Waals surface area (Å²) in [6.07, 6.45) is 0.372. The molecule has 2 rings (SSSR count). The zero-order valence-electron chi connectivity index (χ0n) is 9.26. The fourth-order valence-corrected chi connectivity index (χ4v) is 3.85. The van der Waals surface area contributed by atoms with Crippen molar-refractivity contribution in [2.45, 2.75) is 18.3 Å². The number of hydrogen-bond donors (Lipinski definition) is 1. The molecule has 1 aromatic heterocycles. The number of aliphatic hydroxyl groups is 1. The fourth-order valence-electron chi connectivity index (χ4n) is 1.73. The molecule has 1 fully saturated rings. The van der Waals surface area contributed by atoms with E-state index in [-0.39, 0.29) is 12.0 Å². The van der Waals surface area contributed by atoms with Crippen LogP contribution in [-0.2, 0) is 10.5 Å². The number of aliphatic hydroxyl groups excluding tert-OH is 1. The van der Waals surface area contributed by atoms with Crippen molar-refractivity contribution in [3.05, 3.63) is 21.3 Å². The number of likely N-dealkylation sites (tertiary alicyclic amines) is 1. The second-order valence-electron chi connectivity index (χ2n) is 3.98. The second kappa shape index (κ2) is 6.09. The molecular formula is C11H14ClNO2S2. The molecule has 6 heteroatoms. The van der Waals surface area contributed by atoms with E-state index in [1.165, 1.54) is 4.88 Å². The van der Waals surface area contributed by atoms with Gasteiger partial charge in [-0.2, -0.15) is 0 Å². The van der Waals surface area contributed by atoms with Gasteiger partial charge in [-0.15, -0.1) is 23.1 Å². The Balaban J connectivity index is 1.70. The molecule has 1 aliphatic heterocycles. The SMILES string of the molecule is O=C(CSCc1ccc(Cl)s1)N1CC[C@@H](O)C1. The molecule has 0 aromatic carbocycles. The van der Waals surface area contributed by atoms with E-state index in [0.29, 0.717) is 25.3 Å². The van der Waals surface area contributed by atoms with E-state index < -0.39 is 0 Å². The first kappa shape index (κ1) is 13.2. The molecule has 1 aliphatic rings. The number of thiophene rings is 1. The normalized spacial score (nSPS) is 19.9. The number of hydrogen-bond acceptors (Lipinski definition) is 4. The predicted molar refractivity (Wildman–Crippen MR) is 72.7 cm³/mol. The number of halogens is 1. The summed E-state index contributed by atoms with van der Waals surface area (Å²) in [6, 6.07) is 3.87. The monoisotopic (exact) mass is 291 g/mol. The zero-order chi connectivity index (χ0) is 12.3. The maximum absolute atomic E-state index is 11.8. The van der Waals surface area contributed by atoms with Crippen LogP contribution in [0.15, 0.2) is 12.1 Å². The average Bonchev–Trinajstić information content (AvgIpc) is 2.88. The molecule has 0 radical (unpaired) electrons. The van der Waals surface area contributed by atoms with Crippen molar-refractivity contribution in [1.82, 2.24) is 4.90 Å². The highest BCUT2D eigenvalue weighted by atomic mass is 35.5. The van der Waals surface area contributed by atoms with Crippen LogP contribution in [0.2, 0.25) is 4.34 Å². The third kappa shape index (κ3) is 3.88. The number of carbonyl (C=O) groups is 1. The third-order valence-electron chi connectivity index (χ3n) is 2.61. The molecule has 3 nitrogen and oxygen atoms in total. The highest BCUT2D eigenvalue weighted by molar-refractivity contribution is 7.99. The van der Waals surface area contributed by atoms with Crippen molar-refractivity contribution in [2.24, 2.45) is 0 Å². The van der Waals surface area contributed by atoms with Gasteiger partial charge >= 0.3 is 0 Å². The Labute approximate surface area is 114 Å². The van der Waals surface area contributed by atoms with Gasteiger partial charge in [-0.25, -0.2) is 0 Å². The standard InChI is InChI=1S/C11H14ClNO2S2/c12-10-2-1-9(17-10)6-16-7-11(15)13-4-3-8(14)5-13/h1-2,8,14H,3-7H2/t8-/m1/s1. The molecule has 0 bridgehead atoms. The molecule has 2 heterocycles. The molecule has 1 aromatic rings. The summed E-state index contributed by atoms with van der Waals surface area (Å²) in [5.74, 6) is 1.41. The van der Waals surface area contributed by atoms with Crippen LogP contribution < -0.4 is 0 Å². The Hall–Kier alpha value is -0.230. The predicted octanol–water partition coefficient (Wildman–Crippen LogP) is 2.23. The Kier molecular flexibility index (Phi) is 4.73. The van der Waals surface area contributed by atoms with Gasteiger partial charge in [-0.1, -0.05) is 11.6 Å². The van der Waals surface area contributed by atoms with E-state index in [9.17, 15) is 9.90 Å². The summed E-state index contributed by atoms with van der Waals surface area (Å²) in [4.78, 5) is 14.7. The molecule has 1 saturated heterocycles. The minimum absolute atomic E-state index is 0.120. The molecule has 17 heavy (non-hydrogen) atoms. The first-order chi connectivity index (χ1) is 8.15. The molecule has 1 amide bonds. The van der Waals surface area contributed by atoms with Crippen LogP contribution in [0.4, 0.5) is 0 Å². The Morgan fingerprint density at radius 3 is 3.06 bits per heavy atom. The maximum Gasteiger partial charge on any atom is 0.232 e. The van der Waals surface area contributed by atoms with E-state index >= 15 is 0 Å². The van der Waals surface area contributed by atoms with Crippen LogP contribution in [0.5, 0.6) is 0 Å². The van der Waals surface area contributed by atoms with Gasteiger partial charge in [0.1, 0.15) is 0 Å². The van der Waals surface area contributed by atoms with Crippen molar-refractivity contribution in [2.75, 3.05) is 18.8 Å². The highest BCUT2D eigenvalue weighted by Gasteiger charge is 2.23. The lowest BCUT2D eigenvalue weighted by molar-refractivity contribution is -0.127. The molecule has 1 N–H and O–H groups in total. The molecular weight excluding hydrogens is 278 g/mol. The van der Waals surface area contributed by atoms with Crippen LogP contribution in [0.3, 0.4) is 0 Å². The van der Waals surface area contributed by atoms with Gasteiger partial charge in [-0.3, -0.25) is 4.79 Å². The summed E-state index contributed by atoms with van der Waals surface area (Å²) >= 11 is 8.97. The van der Waals surface area contributed by atoms with Gasteiger partial charge in [0.15, 0.2) is 0 Å². The Morgan fingerprint density at radius 1 is 1.65 bits per heavy atom. The van der Waals surface area contributed by atoms with E-state index in [4.69, 9.17) is 11.6 Å². The van der Waals surface area contributed by atoms with Crippen molar-refractivity contribution in [1.29, 1.82) is 0 Å². The molecule has 1 atom stereocenters. The maximum atomic E-state index is 11.8. The van der Waals surface area contributed by atoms with Crippen LogP contribution in [0.25, 0.3) is 0 Å². The van der Waals surface area contributed by atoms with Gasteiger partial charge in [0.05, 0.1) is 16.2 Å². The summed E-state index contributed by atoms with van der Waals surface area (Å²) < 4.78 is 0.787. The first-order valence-electron chi connectivity index (χ1n) is 5.43. The number of carbonyl (C=O) groups excluding carboxylic acids is 1. The lowest BCUT2D eigenvalue weighted by Gasteiger charge is -2.14. The van der Waals surface area contributed by atoms with Crippen LogP contribution in [0, 0.1) is 0 Å². The first-order valence-corrected chi connectivity index (χ1v) is 7.78. The molecule has 94 valence electrons. The Bertz CT molecular complexity index is 397. The summed E-state index contributed by atoms with van der Waals surface area (Å²) in [5.41, 5.74) is 0. The zero-order valence-corrected chi connectivity index (χ0v) is 11.7. The van der Waals surface area contributed by atoms with E-state index in [1.54, 1.807) is 28.0 Å². The number of β-amino-alcohol motifs (C(OH)–C–C–N with tert-alkyl or cyclic N) is 1. The largest absolute Gasteiger partial charge is 0.391 e. The van der Waals surface area contributed by atoms with Crippen molar-refractivity contribution >= 4 is 40.6 Å². The van der Waals surface area contributed by atoms with Gasteiger partial charge < -0.3 is 10.0 Å². The van der Waals surface area contributed by atoms with E-state index in [1.807, 2.05) is 12.1 Å². The van der Waals surface area contributed by atoms with Crippen LogP contribution in [-0.4, -0.2) is 40.9 Å². The van der Waals surface area contributed by atoms with Crippen molar-refractivity contribution in [3.63, 3.8) is 0 Å². The molecule has 0 unspecified atom stereocenters. The lowest BCUT2D eigenvalue weighted by Crippen LogP contribution is -2.30. The molecule has 0 saturated carbocycles. The van der Waals surface area contributed by atoms with Gasteiger partial charge in [0, 0.05) is 23.7 Å². The Morgan fingerprint density at radius 2 is 2.47 bits per heavy atom. The van der Waals surface area contributed by atoms with E-state index in [2.05, 4.69) is 0 Å². The van der Waals surface area contributed by atoms with Gasteiger partial charge in [0.2, 0.25) is 5.91 Å². The van der Waals surface area contributed by atoms with Crippen LogP contribution in [0.1, 0.15) is 11.3 Å². The molecule has 0 spiro atoms. The number of amides is 1. The summed E-state index contributed by atoms with van der Waals surface area (Å²) in [7, 11) is 0. The van der Waals surface area contributed by atoms with Crippen molar-refractivity contribution < 1.29 is 9.90 Å². The smallest absolute Gasteiger partial charge is 0.232 e. The lowest BCUT2D eigenvalue weighted by atomic mass is 10.3. The minimum Gasteiger partial charge on any atom is -0.391 e. The third-order valence-corrected chi connectivity index (χ3v) is 4.99. The minimum atomic E-state index is -0.333. The highest BCUT2D eigenvalue weighted by Crippen LogP contribution is 2.25. The second-order valence-corrected chi connectivity index (χ2v) is 6.77. The summed E-state index contributed by atoms with van der Waals surface area (Å²) in [5, 5.41) is 9.34. The molecule has 0 aliphatic carbocycles. The van der Waals surface area contributed by atoms with E-state index in [0.717, 1.165) is 10.1 Å². The van der Waals surface area contributed by atoms with Gasteiger partial charge in [-0.05, 0) is 18.6 Å². The number of thioether (sulfide) groups is 1. The topological polar surface area (TPSA) is 40.5 Å².